The maximum Gasteiger partial charge on any atom is 0.343 e. The second-order valence-electron chi connectivity index (χ2n) is 9.92. The molecule has 2 nitrogen and oxygen atoms in total. The SMILES string of the molecule is CCCCCc1ccc(-c2ccc(OC(=O)c3ccc(-c4ccc(CCCCC)cc4)c(F)c3)cc2)cc1. The number of hydrogen-bond acceptors (Lipinski definition) is 2. The Hall–Kier alpha value is -3.72. The fourth-order valence-electron chi connectivity index (χ4n) is 4.63. The molecule has 4 rings (SSSR count). The first-order valence-corrected chi connectivity index (χ1v) is 13.9. The molecule has 0 heterocycles. The predicted octanol–water partition coefficient (Wildman–Crippen LogP) is 9.84. The first-order chi connectivity index (χ1) is 18.6. The van der Waals surface area contributed by atoms with E-state index >= 15 is 0 Å². The van der Waals surface area contributed by atoms with Gasteiger partial charge < -0.3 is 4.74 Å². The topological polar surface area (TPSA) is 26.3 Å². The first kappa shape index (κ1) is 27.3. The zero-order valence-corrected chi connectivity index (χ0v) is 22.5. The van der Waals surface area contributed by atoms with Crippen molar-refractivity contribution in [1.29, 1.82) is 0 Å². The summed E-state index contributed by atoms with van der Waals surface area (Å²) in [6, 6.07) is 28.5. The Morgan fingerprint density at radius 3 is 1.63 bits per heavy atom. The third-order valence-electron chi connectivity index (χ3n) is 6.96. The van der Waals surface area contributed by atoms with Gasteiger partial charge in [0.25, 0.3) is 0 Å². The lowest BCUT2D eigenvalue weighted by Crippen LogP contribution is -2.09. The number of aryl methyl sites for hydroxylation is 2. The van der Waals surface area contributed by atoms with Crippen molar-refractivity contribution in [3.05, 3.63) is 114 Å². The molecule has 4 aromatic carbocycles. The van der Waals surface area contributed by atoms with E-state index in [0.29, 0.717) is 11.3 Å². The summed E-state index contributed by atoms with van der Waals surface area (Å²) in [7, 11) is 0. The summed E-state index contributed by atoms with van der Waals surface area (Å²) in [5.74, 6) is -0.587. The zero-order valence-electron chi connectivity index (χ0n) is 22.5. The molecule has 0 spiro atoms. The molecule has 0 aromatic heterocycles. The van der Waals surface area contributed by atoms with Crippen molar-refractivity contribution in [1.82, 2.24) is 0 Å². The molecule has 3 heteroatoms. The largest absolute Gasteiger partial charge is 0.423 e. The lowest BCUT2D eigenvalue weighted by molar-refractivity contribution is 0.0734. The zero-order chi connectivity index (χ0) is 26.7. The monoisotopic (exact) mass is 508 g/mol. The molecular weight excluding hydrogens is 471 g/mol. The normalized spacial score (nSPS) is 10.9. The number of carbonyl (C=O) groups is 1. The van der Waals surface area contributed by atoms with Crippen molar-refractivity contribution in [3.8, 4) is 28.0 Å². The molecule has 38 heavy (non-hydrogen) atoms. The Morgan fingerprint density at radius 2 is 1.13 bits per heavy atom. The summed E-state index contributed by atoms with van der Waals surface area (Å²) >= 11 is 0. The van der Waals surface area contributed by atoms with Gasteiger partial charge in [0.05, 0.1) is 5.56 Å². The van der Waals surface area contributed by atoms with Gasteiger partial charge in [-0.3, -0.25) is 0 Å². The van der Waals surface area contributed by atoms with Crippen LogP contribution < -0.4 is 4.74 Å². The fourth-order valence-corrected chi connectivity index (χ4v) is 4.63. The summed E-state index contributed by atoms with van der Waals surface area (Å²) in [4.78, 5) is 12.7. The van der Waals surface area contributed by atoms with Gasteiger partial charge in [0, 0.05) is 5.56 Å². The van der Waals surface area contributed by atoms with E-state index < -0.39 is 11.8 Å². The lowest BCUT2D eigenvalue weighted by Gasteiger charge is -2.09. The van der Waals surface area contributed by atoms with Crippen molar-refractivity contribution in [3.63, 3.8) is 0 Å². The number of hydrogen-bond donors (Lipinski definition) is 0. The van der Waals surface area contributed by atoms with E-state index in [4.69, 9.17) is 4.74 Å². The summed E-state index contributed by atoms with van der Waals surface area (Å²) in [6.45, 7) is 4.41. The van der Waals surface area contributed by atoms with Crippen molar-refractivity contribution < 1.29 is 13.9 Å². The molecule has 0 aliphatic rings. The molecule has 4 aromatic rings. The van der Waals surface area contributed by atoms with Crippen LogP contribution in [0.3, 0.4) is 0 Å². The number of carbonyl (C=O) groups excluding carboxylic acids is 1. The molecule has 0 radical (unpaired) electrons. The van der Waals surface area contributed by atoms with E-state index in [9.17, 15) is 9.18 Å². The van der Waals surface area contributed by atoms with E-state index in [1.54, 1.807) is 24.3 Å². The number of esters is 1. The van der Waals surface area contributed by atoms with Crippen LogP contribution in [0.4, 0.5) is 4.39 Å². The molecular formula is C35H37FO2. The summed E-state index contributed by atoms with van der Waals surface area (Å²) < 4.78 is 20.5. The number of unbranched alkanes of at least 4 members (excludes halogenated alkanes) is 4. The van der Waals surface area contributed by atoms with Crippen LogP contribution in [0.15, 0.2) is 91.0 Å². The number of benzene rings is 4. The molecule has 0 saturated heterocycles. The van der Waals surface area contributed by atoms with Gasteiger partial charge >= 0.3 is 5.97 Å². The second kappa shape index (κ2) is 13.7. The molecule has 0 fully saturated rings. The van der Waals surface area contributed by atoms with Crippen LogP contribution in [0.25, 0.3) is 22.3 Å². The van der Waals surface area contributed by atoms with Gasteiger partial charge in [-0.25, -0.2) is 9.18 Å². The quantitative estimate of drug-likeness (QED) is 0.108. The molecule has 0 bridgehead atoms. The summed E-state index contributed by atoms with van der Waals surface area (Å²) in [5, 5.41) is 0. The number of ether oxygens (including phenoxy) is 1. The van der Waals surface area contributed by atoms with Crippen LogP contribution in [0.1, 0.15) is 73.9 Å². The fraction of sp³-hybridized carbons (Fsp3) is 0.286. The van der Waals surface area contributed by atoms with Crippen molar-refractivity contribution >= 4 is 5.97 Å². The average Bonchev–Trinajstić information content (AvgIpc) is 2.95. The second-order valence-corrected chi connectivity index (χ2v) is 9.92. The molecule has 0 amide bonds. The summed E-state index contributed by atoms with van der Waals surface area (Å²) in [5.41, 5.74) is 6.24. The number of rotatable bonds is 12. The van der Waals surface area contributed by atoms with Crippen LogP contribution in [-0.2, 0) is 12.8 Å². The highest BCUT2D eigenvalue weighted by molar-refractivity contribution is 5.91. The Balaban J connectivity index is 1.36. The minimum absolute atomic E-state index is 0.185. The highest BCUT2D eigenvalue weighted by Crippen LogP contribution is 2.27. The van der Waals surface area contributed by atoms with E-state index in [2.05, 4.69) is 50.2 Å². The minimum atomic E-state index is -0.578. The Bertz CT molecular complexity index is 1310. The molecule has 196 valence electrons. The molecule has 0 aliphatic heterocycles. The van der Waals surface area contributed by atoms with E-state index in [1.807, 2.05) is 24.3 Å². The first-order valence-electron chi connectivity index (χ1n) is 13.9. The molecule has 0 atom stereocenters. The van der Waals surface area contributed by atoms with E-state index in [0.717, 1.165) is 36.0 Å². The summed E-state index contributed by atoms with van der Waals surface area (Å²) in [6.07, 6.45) is 9.41. The van der Waals surface area contributed by atoms with E-state index in [1.165, 1.54) is 49.3 Å². The van der Waals surface area contributed by atoms with Gasteiger partial charge in [-0.15, -0.1) is 0 Å². The smallest absolute Gasteiger partial charge is 0.343 e. The van der Waals surface area contributed by atoms with Crippen LogP contribution >= 0.6 is 0 Å². The lowest BCUT2D eigenvalue weighted by atomic mass is 10.00. The van der Waals surface area contributed by atoms with E-state index in [-0.39, 0.29) is 5.56 Å². The van der Waals surface area contributed by atoms with Gasteiger partial charge in [-0.05, 0) is 77.8 Å². The highest BCUT2D eigenvalue weighted by Gasteiger charge is 2.13. The Labute approximate surface area is 226 Å². The Kier molecular flexibility index (Phi) is 9.86. The average molecular weight is 509 g/mol. The van der Waals surface area contributed by atoms with Gasteiger partial charge in [0.2, 0.25) is 0 Å². The highest BCUT2D eigenvalue weighted by atomic mass is 19.1. The predicted molar refractivity (Wildman–Crippen MR) is 155 cm³/mol. The van der Waals surface area contributed by atoms with Gasteiger partial charge in [-0.2, -0.15) is 0 Å². The van der Waals surface area contributed by atoms with Gasteiger partial charge in [-0.1, -0.05) is 106 Å². The maximum absolute atomic E-state index is 14.9. The van der Waals surface area contributed by atoms with Gasteiger partial charge in [0.1, 0.15) is 11.6 Å². The molecule has 0 saturated carbocycles. The van der Waals surface area contributed by atoms with Crippen LogP contribution in [0.5, 0.6) is 5.75 Å². The van der Waals surface area contributed by atoms with Crippen molar-refractivity contribution in [2.75, 3.05) is 0 Å². The number of halogens is 1. The van der Waals surface area contributed by atoms with Crippen LogP contribution in [0, 0.1) is 5.82 Å². The third kappa shape index (κ3) is 7.41. The maximum atomic E-state index is 14.9. The third-order valence-corrected chi connectivity index (χ3v) is 6.96. The van der Waals surface area contributed by atoms with Gasteiger partial charge in [0.15, 0.2) is 0 Å². The minimum Gasteiger partial charge on any atom is -0.423 e. The molecule has 0 N–H and O–H groups in total. The van der Waals surface area contributed by atoms with Crippen LogP contribution in [0.2, 0.25) is 0 Å². The van der Waals surface area contributed by atoms with Crippen LogP contribution in [-0.4, -0.2) is 5.97 Å². The molecule has 0 unspecified atom stereocenters. The van der Waals surface area contributed by atoms with Crippen molar-refractivity contribution in [2.45, 2.75) is 65.2 Å². The standard InChI is InChI=1S/C35H37FO2/c1-3-5-7-9-26-11-15-28(16-12-26)29-19-22-32(23-20-29)38-35(37)31-21-24-33(34(36)25-31)30-17-13-27(14-18-30)10-8-6-4-2/h11-25H,3-10H2,1-2H3. The van der Waals surface area contributed by atoms with Crippen molar-refractivity contribution in [2.24, 2.45) is 0 Å². The Morgan fingerprint density at radius 1 is 0.632 bits per heavy atom. The molecule has 0 aliphatic carbocycles.